The van der Waals surface area contributed by atoms with Crippen molar-refractivity contribution >= 4 is 41.1 Å². The number of ether oxygens (including phenoxy) is 2. The van der Waals surface area contributed by atoms with E-state index >= 15 is 0 Å². The van der Waals surface area contributed by atoms with E-state index in [0.29, 0.717) is 87.3 Å². The van der Waals surface area contributed by atoms with E-state index in [0.717, 1.165) is 5.56 Å². The van der Waals surface area contributed by atoms with E-state index in [-0.39, 0.29) is 13.0 Å². The molecule has 5 N–H and O–H groups in total. The number of aromatic nitrogens is 3. The summed E-state index contributed by atoms with van der Waals surface area (Å²) in [6, 6.07) is 12.1. The molecule has 15 nitrogen and oxygen atoms in total. The van der Waals surface area contributed by atoms with E-state index in [1.165, 1.54) is 4.90 Å². The second-order valence-electron chi connectivity index (χ2n) is 11.0. The third-order valence-electron chi connectivity index (χ3n) is 7.86. The number of benzene rings is 2. The number of anilines is 4. The average molecular weight is 618 g/mol. The summed E-state index contributed by atoms with van der Waals surface area (Å²) in [5, 5.41) is 15.4. The normalized spacial score (nSPS) is 20.2. The predicted octanol–water partition coefficient (Wildman–Crippen LogP) is 0.917. The number of nitrogens with two attached hydrogens (primary N) is 1. The molecule has 0 radical (unpaired) electrons. The average Bonchev–Trinajstić information content (AvgIpc) is 3.47. The zero-order chi connectivity index (χ0) is 31.3. The van der Waals surface area contributed by atoms with Crippen LogP contribution in [0.15, 0.2) is 48.5 Å². The Bertz CT molecular complexity index is 1490. The van der Waals surface area contributed by atoms with Crippen molar-refractivity contribution in [2.24, 2.45) is 5.73 Å². The Kier molecular flexibility index (Phi) is 9.00. The molecular weight excluding hydrogens is 582 g/mol. The summed E-state index contributed by atoms with van der Waals surface area (Å²) < 4.78 is 11.0. The van der Waals surface area contributed by atoms with Crippen molar-refractivity contribution in [2.75, 3.05) is 79.6 Å². The summed E-state index contributed by atoms with van der Waals surface area (Å²) in [6.07, 6.45) is -0.690. The van der Waals surface area contributed by atoms with Gasteiger partial charge in [0.25, 0.3) is 5.91 Å². The van der Waals surface area contributed by atoms with Gasteiger partial charge in [-0.2, -0.15) is 15.0 Å². The number of amides is 4. The summed E-state index contributed by atoms with van der Waals surface area (Å²) >= 11 is 0. The molecular formula is C30H35N9O6. The molecule has 2 unspecified atom stereocenters. The Morgan fingerprint density at radius 3 is 1.80 bits per heavy atom. The number of urea groups is 1. The first kappa shape index (κ1) is 30.2. The van der Waals surface area contributed by atoms with E-state index < -0.39 is 30.0 Å². The van der Waals surface area contributed by atoms with Crippen LogP contribution in [-0.2, 0) is 14.3 Å². The fourth-order valence-corrected chi connectivity index (χ4v) is 5.46. The van der Waals surface area contributed by atoms with Gasteiger partial charge in [-0.25, -0.2) is 4.79 Å². The third kappa shape index (κ3) is 7.11. The number of β-amino-alcohol motifs (C(OH)–C–C–N with tert-alkyl or cyclic N) is 1. The van der Waals surface area contributed by atoms with Crippen molar-refractivity contribution in [1.29, 1.82) is 0 Å². The molecule has 3 aliphatic heterocycles. The predicted molar refractivity (Wildman–Crippen MR) is 165 cm³/mol. The number of likely N-dealkylation sites (tertiary alicyclic amines) is 1. The van der Waals surface area contributed by atoms with Crippen molar-refractivity contribution in [2.45, 2.75) is 18.6 Å². The molecule has 4 amide bonds. The summed E-state index contributed by atoms with van der Waals surface area (Å²) in [5.74, 6) is 0.657. The number of aliphatic hydroxyl groups is 1. The van der Waals surface area contributed by atoms with Gasteiger partial charge < -0.3 is 45.6 Å². The van der Waals surface area contributed by atoms with Gasteiger partial charge >= 0.3 is 6.03 Å². The summed E-state index contributed by atoms with van der Waals surface area (Å²) in [7, 11) is 0. The van der Waals surface area contributed by atoms with Crippen LogP contribution in [-0.4, -0.2) is 114 Å². The zero-order valence-corrected chi connectivity index (χ0v) is 24.6. The number of carbonyl (C=O) groups excluding carboxylic acids is 3. The van der Waals surface area contributed by atoms with Crippen LogP contribution in [0.5, 0.6) is 0 Å². The smallest absolute Gasteiger partial charge is 0.323 e. The molecule has 3 aromatic rings. The molecule has 2 aromatic carbocycles. The van der Waals surface area contributed by atoms with Gasteiger partial charge in [0.05, 0.1) is 32.5 Å². The van der Waals surface area contributed by atoms with Gasteiger partial charge in [0.1, 0.15) is 6.04 Å². The van der Waals surface area contributed by atoms with Crippen LogP contribution in [0.2, 0.25) is 0 Å². The number of hydrogen-bond acceptors (Lipinski definition) is 11. The molecule has 4 heterocycles. The quantitative estimate of drug-likeness (QED) is 0.295. The maximum atomic E-state index is 12.9. The van der Waals surface area contributed by atoms with Gasteiger partial charge in [-0.15, -0.1) is 0 Å². The lowest BCUT2D eigenvalue weighted by molar-refractivity contribution is -0.121. The van der Waals surface area contributed by atoms with Crippen LogP contribution in [0.3, 0.4) is 0 Å². The van der Waals surface area contributed by atoms with Crippen molar-refractivity contribution in [3.63, 3.8) is 0 Å². The van der Waals surface area contributed by atoms with Crippen molar-refractivity contribution < 1.29 is 29.0 Å². The van der Waals surface area contributed by atoms with Crippen LogP contribution in [0.25, 0.3) is 11.4 Å². The van der Waals surface area contributed by atoms with Gasteiger partial charge in [-0.05, 0) is 48.5 Å². The monoisotopic (exact) mass is 617 g/mol. The lowest BCUT2D eigenvalue weighted by Crippen LogP contribution is -2.43. The minimum atomic E-state index is -0.855. The number of primary amides is 1. The fraction of sp³-hybridized carbons (Fsp3) is 0.400. The first-order valence-corrected chi connectivity index (χ1v) is 14.8. The number of hydrogen-bond donors (Lipinski definition) is 4. The molecule has 0 saturated carbocycles. The number of nitrogens with zero attached hydrogens (tertiary/aromatic N) is 6. The molecule has 3 saturated heterocycles. The molecule has 3 fully saturated rings. The van der Waals surface area contributed by atoms with Gasteiger partial charge in [0.15, 0.2) is 5.82 Å². The zero-order valence-electron chi connectivity index (χ0n) is 24.6. The Balaban J connectivity index is 1.10. The molecule has 6 rings (SSSR count). The van der Waals surface area contributed by atoms with E-state index in [1.807, 2.05) is 12.1 Å². The van der Waals surface area contributed by atoms with E-state index in [9.17, 15) is 19.5 Å². The largest absolute Gasteiger partial charge is 0.391 e. The Morgan fingerprint density at radius 2 is 1.29 bits per heavy atom. The molecule has 0 bridgehead atoms. The lowest BCUT2D eigenvalue weighted by atomic mass is 10.1. The summed E-state index contributed by atoms with van der Waals surface area (Å²) in [6.45, 7) is 5.26. The van der Waals surface area contributed by atoms with Crippen LogP contribution >= 0.6 is 0 Å². The molecule has 2 atom stereocenters. The van der Waals surface area contributed by atoms with Crippen LogP contribution in [0, 0.1) is 0 Å². The van der Waals surface area contributed by atoms with Crippen molar-refractivity contribution in [3.8, 4) is 11.4 Å². The highest BCUT2D eigenvalue weighted by Gasteiger charge is 2.38. The minimum absolute atomic E-state index is 0.0327. The van der Waals surface area contributed by atoms with Gasteiger partial charge in [0.2, 0.25) is 17.8 Å². The molecule has 45 heavy (non-hydrogen) atoms. The molecule has 3 aliphatic rings. The molecule has 0 spiro atoms. The number of carbonyl (C=O) groups is 3. The number of morpholine rings is 2. The fourth-order valence-electron chi connectivity index (χ4n) is 5.46. The second-order valence-corrected chi connectivity index (χ2v) is 11.0. The van der Waals surface area contributed by atoms with E-state index in [4.69, 9.17) is 30.2 Å². The van der Waals surface area contributed by atoms with E-state index in [2.05, 4.69) is 20.4 Å². The standard InChI is InChI=1S/C30H35N9O6/c31-25(41)24-17-23(40)18-39(24)27(42)20-3-7-22(8-4-20)33-30(43)32-21-5-1-19(2-6-21)26-34-28(37-9-13-44-14-10-37)36-29(35-26)38-11-15-45-16-12-38/h1-8,23-24,40H,9-18H2,(H2,31,41)(H2,32,33,43). The lowest BCUT2D eigenvalue weighted by Gasteiger charge is -2.30. The molecule has 0 aliphatic carbocycles. The Morgan fingerprint density at radius 1 is 0.778 bits per heavy atom. The number of aliphatic hydroxyl groups excluding tert-OH is 1. The summed E-state index contributed by atoms with van der Waals surface area (Å²) in [4.78, 5) is 57.0. The summed E-state index contributed by atoms with van der Waals surface area (Å²) in [5.41, 5.74) is 7.50. The highest BCUT2D eigenvalue weighted by atomic mass is 16.5. The number of rotatable bonds is 7. The maximum Gasteiger partial charge on any atom is 0.323 e. The third-order valence-corrected chi connectivity index (χ3v) is 7.86. The second kappa shape index (κ2) is 13.4. The van der Waals surface area contributed by atoms with Crippen LogP contribution in [0.4, 0.5) is 28.1 Å². The highest BCUT2D eigenvalue weighted by Crippen LogP contribution is 2.25. The van der Waals surface area contributed by atoms with Crippen LogP contribution < -0.4 is 26.2 Å². The highest BCUT2D eigenvalue weighted by molar-refractivity contribution is 6.01. The minimum Gasteiger partial charge on any atom is -0.391 e. The van der Waals surface area contributed by atoms with Crippen molar-refractivity contribution in [1.82, 2.24) is 19.9 Å². The molecule has 15 heteroatoms. The van der Waals surface area contributed by atoms with Crippen LogP contribution in [0.1, 0.15) is 16.8 Å². The Labute approximate surface area is 259 Å². The number of nitrogens with one attached hydrogen (secondary N) is 2. The topological polar surface area (TPSA) is 188 Å². The van der Waals surface area contributed by atoms with E-state index in [1.54, 1.807) is 36.4 Å². The molecule has 236 valence electrons. The van der Waals surface area contributed by atoms with Gasteiger partial charge in [0, 0.05) is 61.6 Å². The maximum absolute atomic E-state index is 12.9. The van der Waals surface area contributed by atoms with Gasteiger partial charge in [-0.3, -0.25) is 9.59 Å². The SMILES string of the molecule is NC(=O)C1CC(O)CN1C(=O)c1ccc(NC(=O)Nc2ccc(-c3nc(N4CCOCC4)nc(N4CCOCC4)n3)cc2)cc1. The van der Waals surface area contributed by atoms with Gasteiger partial charge in [-0.1, -0.05) is 0 Å². The first-order chi connectivity index (χ1) is 21.8. The Hall–Kier alpha value is -4.86. The first-order valence-electron chi connectivity index (χ1n) is 14.8. The van der Waals surface area contributed by atoms with Crippen molar-refractivity contribution in [3.05, 3.63) is 54.1 Å². The molecule has 1 aromatic heterocycles.